The SMILES string of the molecule is OC1=C(c2ccc(Br)cc2F)CC=C1. The molecule has 0 bridgehead atoms. The fraction of sp³-hybridized carbons (Fsp3) is 0.0909. The molecule has 1 aromatic rings. The Balaban J connectivity index is 2.48. The van der Waals surface area contributed by atoms with Crippen molar-refractivity contribution >= 4 is 21.5 Å². The first kappa shape index (κ1) is 9.46. The van der Waals surface area contributed by atoms with E-state index in [1.807, 2.05) is 6.08 Å². The first-order valence-corrected chi connectivity index (χ1v) is 5.02. The van der Waals surface area contributed by atoms with Crippen LogP contribution in [0, 0.1) is 5.82 Å². The summed E-state index contributed by atoms with van der Waals surface area (Å²) in [5, 5.41) is 9.45. The number of halogens is 2. The van der Waals surface area contributed by atoms with Gasteiger partial charge < -0.3 is 5.11 Å². The van der Waals surface area contributed by atoms with Crippen molar-refractivity contribution in [1.29, 1.82) is 0 Å². The molecule has 14 heavy (non-hydrogen) atoms. The molecule has 2 rings (SSSR count). The highest BCUT2D eigenvalue weighted by Gasteiger charge is 2.14. The Labute approximate surface area is 89.7 Å². The standard InChI is InChI=1S/C11H8BrFO/c12-7-4-5-8(10(13)6-7)9-2-1-3-11(9)14/h1,3-6,14H,2H2. The van der Waals surface area contributed by atoms with Crippen LogP contribution in [0.5, 0.6) is 0 Å². The largest absolute Gasteiger partial charge is 0.508 e. The molecule has 0 aromatic heterocycles. The maximum Gasteiger partial charge on any atom is 0.131 e. The van der Waals surface area contributed by atoms with Gasteiger partial charge in [0.05, 0.1) is 0 Å². The normalized spacial score (nSPS) is 15.3. The van der Waals surface area contributed by atoms with E-state index in [0.29, 0.717) is 22.0 Å². The quantitative estimate of drug-likeness (QED) is 0.808. The third kappa shape index (κ3) is 1.60. The molecular formula is C11H8BrFO. The van der Waals surface area contributed by atoms with Gasteiger partial charge in [-0.3, -0.25) is 0 Å². The van der Waals surface area contributed by atoms with Crippen molar-refractivity contribution in [3.63, 3.8) is 0 Å². The van der Waals surface area contributed by atoms with Gasteiger partial charge in [-0.05, 0) is 24.6 Å². The van der Waals surface area contributed by atoms with Crippen molar-refractivity contribution in [2.45, 2.75) is 6.42 Å². The highest BCUT2D eigenvalue weighted by molar-refractivity contribution is 9.10. The molecule has 0 saturated heterocycles. The highest BCUT2D eigenvalue weighted by Crippen LogP contribution is 2.30. The Hall–Kier alpha value is -1.09. The number of aliphatic hydroxyl groups is 1. The van der Waals surface area contributed by atoms with Crippen LogP contribution in [0.3, 0.4) is 0 Å². The minimum Gasteiger partial charge on any atom is -0.508 e. The Kier molecular flexibility index (Phi) is 2.42. The number of hydrogen-bond acceptors (Lipinski definition) is 1. The van der Waals surface area contributed by atoms with Crippen molar-refractivity contribution in [2.24, 2.45) is 0 Å². The molecule has 0 heterocycles. The van der Waals surface area contributed by atoms with E-state index in [4.69, 9.17) is 0 Å². The maximum absolute atomic E-state index is 13.5. The lowest BCUT2D eigenvalue weighted by Gasteiger charge is -2.05. The first-order chi connectivity index (χ1) is 6.68. The average Bonchev–Trinajstić information content (AvgIpc) is 2.52. The molecule has 72 valence electrons. The number of rotatable bonds is 1. The van der Waals surface area contributed by atoms with E-state index < -0.39 is 0 Å². The van der Waals surface area contributed by atoms with Crippen LogP contribution in [0.2, 0.25) is 0 Å². The molecule has 1 aliphatic rings. The fourth-order valence-corrected chi connectivity index (χ4v) is 1.81. The van der Waals surface area contributed by atoms with Gasteiger partial charge in [0.2, 0.25) is 0 Å². The molecule has 0 radical (unpaired) electrons. The van der Waals surface area contributed by atoms with Gasteiger partial charge in [-0.1, -0.05) is 28.1 Å². The van der Waals surface area contributed by atoms with Crippen molar-refractivity contribution in [3.8, 4) is 0 Å². The van der Waals surface area contributed by atoms with Crippen LogP contribution in [-0.2, 0) is 0 Å². The van der Waals surface area contributed by atoms with Crippen LogP contribution < -0.4 is 0 Å². The van der Waals surface area contributed by atoms with Crippen LogP contribution in [-0.4, -0.2) is 5.11 Å². The summed E-state index contributed by atoms with van der Waals surface area (Å²) in [5.74, 6) is -0.157. The Morgan fingerprint density at radius 2 is 2.14 bits per heavy atom. The average molecular weight is 255 g/mol. The van der Waals surface area contributed by atoms with Gasteiger partial charge in [0.25, 0.3) is 0 Å². The smallest absolute Gasteiger partial charge is 0.131 e. The predicted molar refractivity (Wildman–Crippen MR) is 57.4 cm³/mol. The summed E-state index contributed by atoms with van der Waals surface area (Å²) in [6.07, 6.45) is 3.99. The minimum absolute atomic E-state index is 0.159. The van der Waals surface area contributed by atoms with Crippen LogP contribution in [0.1, 0.15) is 12.0 Å². The summed E-state index contributed by atoms with van der Waals surface area (Å²) in [7, 11) is 0. The lowest BCUT2D eigenvalue weighted by Crippen LogP contribution is -1.90. The van der Waals surface area contributed by atoms with Crippen molar-refractivity contribution in [3.05, 3.63) is 52.0 Å². The molecular weight excluding hydrogens is 247 g/mol. The molecule has 3 heteroatoms. The van der Waals surface area contributed by atoms with Gasteiger partial charge in [0.15, 0.2) is 0 Å². The molecule has 1 aliphatic carbocycles. The summed E-state index contributed by atoms with van der Waals surface area (Å²) in [6.45, 7) is 0. The zero-order valence-corrected chi connectivity index (χ0v) is 8.88. The van der Waals surface area contributed by atoms with Crippen LogP contribution >= 0.6 is 15.9 Å². The highest BCUT2D eigenvalue weighted by atomic mass is 79.9. The molecule has 1 N–H and O–H groups in total. The van der Waals surface area contributed by atoms with E-state index in [0.717, 1.165) is 0 Å². The van der Waals surface area contributed by atoms with Gasteiger partial charge in [0.1, 0.15) is 11.6 Å². The van der Waals surface area contributed by atoms with Gasteiger partial charge in [-0.25, -0.2) is 4.39 Å². The lowest BCUT2D eigenvalue weighted by molar-refractivity contribution is 0.436. The topological polar surface area (TPSA) is 20.2 Å². The second-order valence-electron chi connectivity index (χ2n) is 3.09. The summed E-state index contributed by atoms with van der Waals surface area (Å²) in [5.41, 5.74) is 1.12. The van der Waals surface area contributed by atoms with Gasteiger partial charge in [-0.15, -0.1) is 0 Å². The maximum atomic E-state index is 13.5. The van der Waals surface area contributed by atoms with E-state index in [-0.39, 0.29) is 11.6 Å². The number of aliphatic hydroxyl groups excluding tert-OH is 1. The molecule has 0 saturated carbocycles. The minimum atomic E-state index is -0.315. The van der Waals surface area contributed by atoms with Crippen LogP contribution in [0.4, 0.5) is 4.39 Å². The van der Waals surface area contributed by atoms with E-state index in [1.165, 1.54) is 6.07 Å². The van der Waals surface area contributed by atoms with E-state index in [2.05, 4.69) is 15.9 Å². The number of benzene rings is 1. The van der Waals surface area contributed by atoms with E-state index in [1.54, 1.807) is 18.2 Å². The van der Waals surface area contributed by atoms with Gasteiger partial charge in [-0.2, -0.15) is 0 Å². The van der Waals surface area contributed by atoms with Crippen molar-refractivity contribution in [1.82, 2.24) is 0 Å². The van der Waals surface area contributed by atoms with Crippen molar-refractivity contribution in [2.75, 3.05) is 0 Å². The Morgan fingerprint density at radius 3 is 2.71 bits per heavy atom. The molecule has 0 fully saturated rings. The first-order valence-electron chi connectivity index (χ1n) is 4.22. The fourth-order valence-electron chi connectivity index (χ4n) is 1.48. The molecule has 0 unspecified atom stereocenters. The third-order valence-electron chi connectivity index (χ3n) is 2.16. The second kappa shape index (κ2) is 3.58. The Morgan fingerprint density at radius 1 is 1.36 bits per heavy atom. The number of allylic oxidation sites excluding steroid dienone is 3. The summed E-state index contributed by atoms with van der Waals surface area (Å²) in [4.78, 5) is 0. The summed E-state index contributed by atoms with van der Waals surface area (Å²) >= 11 is 3.19. The van der Waals surface area contributed by atoms with E-state index in [9.17, 15) is 9.50 Å². The van der Waals surface area contributed by atoms with Crippen LogP contribution in [0.25, 0.3) is 5.57 Å². The Bertz CT molecular complexity index is 435. The van der Waals surface area contributed by atoms with E-state index >= 15 is 0 Å². The zero-order chi connectivity index (χ0) is 10.1. The van der Waals surface area contributed by atoms with Gasteiger partial charge >= 0.3 is 0 Å². The molecule has 1 aromatic carbocycles. The monoisotopic (exact) mass is 254 g/mol. The zero-order valence-electron chi connectivity index (χ0n) is 7.30. The number of hydrogen-bond donors (Lipinski definition) is 1. The van der Waals surface area contributed by atoms with Crippen molar-refractivity contribution < 1.29 is 9.50 Å². The van der Waals surface area contributed by atoms with Crippen LogP contribution in [0.15, 0.2) is 40.6 Å². The molecule has 0 aliphatic heterocycles. The summed E-state index contributed by atoms with van der Waals surface area (Å²) in [6, 6.07) is 4.82. The molecule has 1 nitrogen and oxygen atoms in total. The summed E-state index contributed by atoms with van der Waals surface area (Å²) < 4.78 is 14.2. The third-order valence-corrected chi connectivity index (χ3v) is 2.66. The molecule has 0 amide bonds. The van der Waals surface area contributed by atoms with Gasteiger partial charge in [0, 0.05) is 15.6 Å². The molecule has 0 spiro atoms. The second-order valence-corrected chi connectivity index (χ2v) is 4.01. The lowest BCUT2D eigenvalue weighted by atomic mass is 10.0. The predicted octanol–water partition coefficient (Wildman–Crippen LogP) is 3.82. The molecule has 0 atom stereocenters.